The Labute approximate surface area is 115 Å². The summed E-state index contributed by atoms with van der Waals surface area (Å²) in [5.74, 6) is -0.518. The minimum absolute atomic E-state index is 0.0924. The highest BCUT2D eigenvalue weighted by Gasteiger charge is 2.65. The summed E-state index contributed by atoms with van der Waals surface area (Å²) in [6, 6.07) is 4.24. The van der Waals surface area contributed by atoms with Crippen molar-refractivity contribution in [2.45, 2.75) is 33.7 Å². The Bertz CT molecular complexity index is 497. The van der Waals surface area contributed by atoms with Crippen LogP contribution in [0, 0.1) is 16.6 Å². The number of rotatable bonds is 2. The minimum atomic E-state index is -0.356. The van der Waals surface area contributed by atoms with Crippen LogP contribution in [-0.2, 0) is 0 Å². The average Bonchev–Trinajstić information content (AvgIpc) is 2.60. The molecule has 0 atom stereocenters. The molecule has 0 radical (unpaired) electrons. The third-order valence-corrected chi connectivity index (χ3v) is 5.13. The highest BCUT2D eigenvalue weighted by molar-refractivity contribution is 9.10. The number of benzene rings is 1. The molecular weight excluding hydrogens is 297 g/mol. The lowest BCUT2D eigenvalue weighted by Crippen LogP contribution is -2.30. The normalized spacial score (nSPS) is 20.6. The summed E-state index contributed by atoms with van der Waals surface area (Å²) >= 11 is 3.21. The number of hydrogen-bond donors (Lipinski definition) is 1. The number of nitrogens with one attached hydrogen (secondary N) is 1. The van der Waals surface area contributed by atoms with Gasteiger partial charge in [0.2, 0.25) is 0 Å². The molecule has 0 unspecified atom stereocenters. The number of amides is 1. The van der Waals surface area contributed by atoms with Crippen molar-refractivity contribution in [2.75, 3.05) is 0 Å². The van der Waals surface area contributed by atoms with Crippen LogP contribution in [0.4, 0.5) is 4.39 Å². The quantitative estimate of drug-likeness (QED) is 0.885. The predicted molar refractivity (Wildman–Crippen MR) is 72.9 cm³/mol. The van der Waals surface area contributed by atoms with Crippen molar-refractivity contribution in [3.8, 4) is 0 Å². The number of carbonyl (C=O) groups is 1. The van der Waals surface area contributed by atoms with Crippen LogP contribution >= 0.6 is 15.9 Å². The molecule has 1 aromatic rings. The molecule has 1 aliphatic carbocycles. The molecular formula is C14H17BrFNO. The zero-order valence-electron chi connectivity index (χ0n) is 11.0. The topological polar surface area (TPSA) is 29.1 Å². The fraction of sp³-hybridized carbons (Fsp3) is 0.500. The number of carbonyl (C=O) groups excluding carboxylic acids is 1. The average molecular weight is 314 g/mol. The minimum Gasteiger partial charge on any atom is -0.348 e. The van der Waals surface area contributed by atoms with Gasteiger partial charge in [-0.15, -0.1) is 0 Å². The van der Waals surface area contributed by atoms with Gasteiger partial charge in [-0.25, -0.2) is 4.39 Å². The highest BCUT2D eigenvalue weighted by Crippen LogP contribution is 2.62. The highest BCUT2D eigenvalue weighted by atomic mass is 79.9. The van der Waals surface area contributed by atoms with Gasteiger partial charge in [0, 0.05) is 10.5 Å². The van der Waals surface area contributed by atoms with Gasteiger partial charge in [0.15, 0.2) is 0 Å². The lowest BCUT2D eigenvalue weighted by atomic mass is 10.0. The standard InChI is InChI=1S/C14H17BrFNO/c1-13(2)12(14(13,3)4)17-11(18)9-6-5-8(16)7-10(9)15/h5-7,12H,1-4H3,(H,17,18). The van der Waals surface area contributed by atoms with Crippen LogP contribution in [0.5, 0.6) is 0 Å². The van der Waals surface area contributed by atoms with E-state index in [4.69, 9.17) is 0 Å². The van der Waals surface area contributed by atoms with Crippen molar-refractivity contribution < 1.29 is 9.18 Å². The third kappa shape index (κ3) is 1.96. The van der Waals surface area contributed by atoms with E-state index in [2.05, 4.69) is 48.9 Å². The van der Waals surface area contributed by atoms with Crippen LogP contribution in [-0.4, -0.2) is 11.9 Å². The van der Waals surface area contributed by atoms with E-state index in [-0.39, 0.29) is 28.6 Å². The smallest absolute Gasteiger partial charge is 0.252 e. The van der Waals surface area contributed by atoms with Gasteiger partial charge in [0.05, 0.1) is 5.56 Å². The second kappa shape index (κ2) is 4.05. The fourth-order valence-electron chi connectivity index (χ4n) is 2.44. The third-order valence-electron chi connectivity index (χ3n) is 4.47. The lowest BCUT2D eigenvalue weighted by Gasteiger charge is -2.08. The molecule has 1 aromatic carbocycles. The Morgan fingerprint density at radius 3 is 2.28 bits per heavy atom. The monoisotopic (exact) mass is 313 g/mol. The molecule has 1 fully saturated rings. The molecule has 0 saturated heterocycles. The first-order chi connectivity index (χ1) is 8.18. The molecule has 1 amide bonds. The summed E-state index contributed by atoms with van der Waals surface area (Å²) < 4.78 is 13.5. The van der Waals surface area contributed by atoms with E-state index in [0.29, 0.717) is 10.0 Å². The second-order valence-electron chi connectivity index (χ2n) is 5.97. The summed E-state index contributed by atoms with van der Waals surface area (Å²) in [4.78, 5) is 12.1. The summed E-state index contributed by atoms with van der Waals surface area (Å²) in [6.45, 7) is 8.55. The summed E-state index contributed by atoms with van der Waals surface area (Å²) in [5.41, 5.74) is 0.652. The van der Waals surface area contributed by atoms with E-state index >= 15 is 0 Å². The van der Waals surface area contributed by atoms with Crippen molar-refractivity contribution in [1.82, 2.24) is 5.32 Å². The molecule has 0 aromatic heterocycles. The molecule has 1 N–H and O–H groups in total. The summed E-state index contributed by atoms with van der Waals surface area (Å²) in [6.07, 6.45) is 0. The Hall–Kier alpha value is -0.900. The van der Waals surface area contributed by atoms with Crippen molar-refractivity contribution in [2.24, 2.45) is 10.8 Å². The van der Waals surface area contributed by atoms with Crippen molar-refractivity contribution >= 4 is 21.8 Å². The summed E-state index contributed by atoms with van der Waals surface area (Å²) in [7, 11) is 0. The first kappa shape index (κ1) is 13.5. The molecule has 98 valence electrons. The van der Waals surface area contributed by atoms with Gasteiger partial charge in [-0.2, -0.15) is 0 Å². The van der Waals surface area contributed by atoms with Gasteiger partial charge in [-0.3, -0.25) is 4.79 Å². The Balaban J connectivity index is 2.15. The molecule has 4 heteroatoms. The van der Waals surface area contributed by atoms with E-state index in [1.54, 1.807) is 0 Å². The molecule has 0 heterocycles. The number of hydrogen-bond acceptors (Lipinski definition) is 1. The number of halogens is 2. The van der Waals surface area contributed by atoms with Crippen LogP contribution < -0.4 is 5.32 Å². The predicted octanol–water partition coefficient (Wildman–Crippen LogP) is 3.75. The van der Waals surface area contributed by atoms with Crippen molar-refractivity contribution in [1.29, 1.82) is 0 Å². The summed E-state index contributed by atoms with van der Waals surface area (Å²) in [5, 5.41) is 3.02. The van der Waals surface area contributed by atoms with Crippen LogP contribution in [0.25, 0.3) is 0 Å². The molecule has 0 aliphatic heterocycles. The Morgan fingerprint density at radius 2 is 1.83 bits per heavy atom. The van der Waals surface area contributed by atoms with Crippen LogP contribution in [0.3, 0.4) is 0 Å². The van der Waals surface area contributed by atoms with Gasteiger partial charge in [0.25, 0.3) is 5.91 Å². The lowest BCUT2D eigenvalue weighted by molar-refractivity contribution is 0.0943. The van der Waals surface area contributed by atoms with E-state index in [9.17, 15) is 9.18 Å². The fourth-order valence-corrected chi connectivity index (χ4v) is 2.97. The Kier molecular flexibility index (Phi) is 3.05. The van der Waals surface area contributed by atoms with E-state index in [1.807, 2.05) is 0 Å². The van der Waals surface area contributed by atoms with E-state index in [0.717, 1.165) is 0 Å². The van der Waals surface area contributed by atoms with Crippen LogP contribution in [0.1, 0.15) is 38.1 Å². The maximum Gasteiger partial charge on any atom is 0.252 e. The first-order valence-electron chi connectivity index (χ1n) is 5.94. The largest absolute Gasteiger partial charge is 0.348 e. The maximum atomic E-state index is 13.0. The molecule has 0 spiro atoms. The van der Waals surface area contributed by atoms with Gasteiger partial charge in [-0.05, 0) is 45.0 Å². The zero-order valence-corrected chi connectivity index (χ0v) is 12.6. The van der Waals surface area contributed by atoms with E-state index < -0.39 is 0 Å². The van der Waals surface area contributed by atoms with Gasteiger partial charge in [0.1, 0.15) is 5.82 Å². The molecule has 18 heavy (non-hydrogen) atoms. The van der Waals surface area contributed by atoms with Gasteiger partial charge >= 0.3 is 0 Å². The van der Waals surface area contributed by atoms with Gasteiger partial charge < -0.3 is 5.32 Å². The van der Waals surface area contributed by atoms with Crippen molar-refractivity contribution in [3.63, 3.8) is 0 Å². The van der Waals surface area contributed by atoms with Crippen LogP contribution in [0.2, 0.25) is 0 Å². The molecule has 1 saturated carbocycles. The van der Waals surface area contributed by atoms with Gasteiger partial charge in [-0.1, -0.05) is 27.7 Å². The van der Waals surface area contributed by atoms with Crippen LogP contribution in [0.15, 0.2) is 22.7 Å². The maximum absolute atomic E-state index is 13.0. The molecule has 2 rings (SSSR count). The first-order valence-corrected chi connectivity index (χ1v) is 6.73. The molecule has 1 aliphatic rings. The second-order valence-corrected chi connectivity index (χ2v) is 6.83. The van der Waals surface area contributed by atoms with E-state index in [1.165, 1.54) is 18.2 Å². The van der Waals surface area contributed by atoms with Crippen molar-refractivity contribution in [3.05, 3.63) is 34.1 Å². The molecule has 2 nitrogen and oxygen atoms in total. The molecule has 0 bridgehead atoms. The Morgan fingerprint density at radius 1 is 1.28 bits per heavy atom. The zero-order chi connectivity index (χ0) is 13.7. The SMILES string of the molecule is CC1(C)C(NC(=O)c2ccc(F)cc2Br)C1(C)C.